The van der Waals surface area contributed by atoms with E-state index in [0.717, 1.165) is 29.7 Å². The summed E-state index contributed by atoms with van der Waals surface area (Å²) in [4.78, 5) is 26.0. The quantitative estimate of drug-likeness (QED) is 0.703. The lowest BCUT2D eigenvalue weighted by Crippen LogP contribution is -2.21. The van der Waals surface area contributed by atoms with E-state index in [2.05, 4.69) is 12.2 Å². The number of halogens is 1. The Bertz CT molecular complexity index is 831. The number of aryl methyl sites for hydroxylation is 1. The molecule has 27 heavy (non-hydrogen) atoms. The van der Waals surface area contributed by atoms with Gasteiger partial charge in [0.05, 0.1) is 12.2 Å². The first-order valence-corrected chi connectivity index (χ1v) is 10.2. The summed E-state index contributed by atoms with van der Waals surface area (Å²) in [7, 11) is 0. The van der Waals surface area contributed by atoms with E-state index < -0.39 is 0 Å². The van der Waals surface area contributed by atoms with E-state index in [1.165, 1.54) is 11.3 Å². The van der Waals surface area contributed by atoms with Gasteiger partial charge in [-0.2, -0.15) is 0 Å². The van der Waals surface area contributed by atoms with Gasteiger partial charge in [0.15, 0.2) is 6.61 Å². The third-order valence-electron chi connectivity index (χ3n) is 4.42. The number of carbonyl (C=O) groups excluding carboxylic acids is 2. The average Bonchev–Trinajstić information content (AvgIpc) is 2.98. The van der Waals surface area contributed by atoms with Crippen molar-refractivity contribution in [2.45, 2.75) is 33.1 Å². The predicted octanol–water partition coefficient (Wildman–Crippen LogP) is 4.72. The lowest BCUT2D eigenvalue weighted by atomic mass is 9.88. The minimum Gasteiger partial charge on any atom is -0.484 e. The highest BCUT2D eigenvalue weighted by molar-refractivity contribution is 7.17. The molecule has 0 saturated carbocycles. The SMILES string of the molecule is CCOC(=O)c1c(NC(=O)COc2ccc(Cl)cc2)sc2c1C[C@H](C)CC2. The van der Waals surface area contributed by atoms with Crippen LogP contribution in [0.2, 0.25) is 5.02 Å². The summed E-state index contributed by atoms with van der Waals surface area (Å²) in [5, 5.41) is 3.99. The average molecular weight is 408 g/mol. The van der Waals surface area contributed by atoms with E-state index in [4.69, 9.17) is 21.1 Å². The second-order valence-corrected chi connectivity index (χ2v) is 8.11. The van der Waals surface area contributed by atoms with Crippen molar-refractivity contribution in [3.8, 4) is 5.75 Å². The Kier molecular flexibility index (Phi) is 6.39. The van der Waals surface area contributed by atoms with Gasteiger partial charge in [0, 0.05) is 9.90 Å². The Labute approximate surface area is 167 Å². The van der Waals surface area contributed by atoms with Crippen molar-refractivity contribution in [3.63, 3.8) is 0 Å². The molecule has 1 aromatic carbocycles. The number of anilines is 1. The first-order chi connectivity index (χ1) is 13.0. The van der Waals surface area contributed by atoms with Crippen LogP contribution in [0.5, 0.6) is 5.75 Å². The summed E-state index contributed by atoms with van der Waals surface area (Å²) in [6.45, 7) is 4.10. The Morgan fingerprint density at radius 3 is 2.74 bits per heavy atom. The molecule has 0 radical (unpaired) electrons. The molecule has 144 valence electrons. The fraction of sp³-hybridized carbons (Fsp3) is 0.400. The highest BCUT2D eigenvalue weighted by Gasteiger charge is 2.29. The number of hydrogen-bond acceptors (Lipinski definition) is 5. The van der Waals surface area contributed by atoms with Crippen molar-refractivity contribution in [1.29, 1.82) is 0 Å². The highest BCUT2D eigenvalue weighted by atomic mass is 35.5. The van der Waals surface area contributed by atoms with Crippen molar-refractivity contribution >= 4 is 39.8 Å². The van der Waals surface area contributed by atoms with E-state index in [1.807, 2.05) is 0 Å². The fourth-order valence-electron chi connectivity index (χ4n) is 3.11. The summed E-state index contributed by atoms with van der Waals surface area (Å²) in [6.07, 6.45) is 2.84. The van der Waals surface area contributed by atoms with Gasteiger partial charge in [0.2, 0.25) is 0 Å². The number of nitrogens with one attached hydrogen (secondary N) is 1. The number of carbonyl (C=O) groups is 2. The first kappa shape index (κ1) is 19.7. The van der Waals surface area contributed by atoms with Crippen LogP contribution in [-0.4, -0.2) is 25.1 Å². The monoisotopic (exact) mass is 407 g/mol. The van der Waals surface area contributed by atoms with Crippen molar-refractivity contribution in [2.24, 2.45) is 5.92 Å². The van der Waals surface area contributed by atoms with E-state index in [9.17, 15) is 9.59 Å². The third kappa shape index (κ3) is 4.82. The van der Waals surface area contributed by atoms with Crippen molar-refractivity contribution in [3.05, 3.63) is 45.3 Å². The maximum absolute atomic E-state index is 12.5. The number of amides is 1. The number of esters is 1. The molecule has 1 N–H and O–H groups in total. The molecule has 2 aromatic rings. The molecule has 5 nitrogen and oxygen atoms in total. The Hall–Kier alpha value is -2.05. The summed E-state index contributed by atoms with van der Waals surface area (Å²) in [5.74, 6) is 0.372. The van der Waals surface area contributed by atoms with Gasteiger partial charge < -0.3 is 14.8 Å². The van der Waals surface area contributed by atoms with Gasteiger partial charge in [-0.25, -0.2) is 4.79 Å². The molecule has 0 fully saturated rings. The van der Waals surface area contributed by atoms with Crippen molar-refractivity contribution in [1.82, 2.24) is 0 Å². The Morgan fingerprint density at radius 1 is 1.30 bits per heavy atom. The number of benzene rings is 1. The molecular weight excluding hydrogens is 386 g/mol. The number of hydrogen-bond donors (Lipinski definition) is 1. The van der Waals surface area contributed by atoms with Crippen LogP contribution in [0, 0.1) is 5.92 Å². The third-order valence-corrected chi connectivity index (χ3v) is 5.88. The van der Waals surface area contributed by atoms with Crippen molar-refractivity contribution in [2.75, 3.05) is 18.5 Å². The van der Waals surface area contributed by atoms with E-state index >= 15 is 0 Å². The number of fused-ring (bicyclic) bond motifs is 1. The standard InChI is InChI=1S/C20H22ClNO4S/c1-3-25-20(24)18-15-10-12(2)4-9-16(15)27-19(18)22-17(23)11-26-14-7-5-13(21)6-8-14/h5-8,12H,3-4,9-11H2,1-2H3,(H,22,23)/t12-/m1/s1. The number of ether oxygens (including phenoxy) is 2. The molecule has 0 saturated heterocycles. The summed E-state index contributed by atoms with van der Waals surface area (Å²) in [6, 6.07) is 6.79. The van der Waals surface area contributed by atoms with E-state index in [-0.39, 0.29) is 18.5 Å². The van der Waals surface area contributed by atoms with Gasteiger partial charge >= 0.3 is 5.97 Å². The van der Waals surface area contributed by atoms with Crippen molar-refractivity contribution < 1.29 is 19.1 Å². The van der Waals surface area contributed by atoms with Crippen LogP contribution < -0.4 is 10.1 Å². The Balaban J connectivity index is 1.74. The lowest BCUT2D eigenvalue weighted by Gasteiger charge is -2.18. The zero-order valence-corrected chi connectivity index (χ0v) is 16.9. The van der Waals surface area contributed by atoms with Gasteiger partial charge in [-0.15, -0.1) is 11.3 Å². The smallest absolute Gasteiger partial charge is 0.341 e. The summed E-state index contributed by atoms with van der Waals surface area (Å²) in [5.41, 5.74) is 1.52. The molecule has 1 atom stereocenters. The minimum atomic E-state index is -0.377. The van der Waals surface area contributed by atoms with Gasteiger partial charge in [0.25, 0.3) is 5.91 Å². The normalized spacial score (nSPS) is 15.7. The fourth-order valence-corrected chi connectivity index (χ4v) is 4.48. The molecule has 1 aliphatic rings. The first-order valence-electron chi connectivity index (χ1n) is 8.97. The molecule has 3 rings (SSSR count). The molecule has 0 aliphatic heterocycles. The minimum absolute atomic E-state index is 0.150. The molecule has 0 unspecified atom stereocenters. The number of thiophene rings is 1. The number of rotatable bonds is 6. The molecule has 0 bridgehead atoms. The summed E-state index contributed by atoms with van der Waals surface area (Å²) >= 11 is 7.30. The molecule has 1 heterocycles. The Morgan fingerprint density at radius 2 is 2.04 bits per heavy atom. The van der Waals surface area contributed by atoms with Crippen LogP contribution in [0.4, 0.5) is 5.00 Å². The van der Waals surface area contributed by atoms with Gasteiger partial charge in [-0.05, 0) is 61.9 Å². The van der Waals surface area contributed by atoms with Gasteiger partial charge in [0.1, 0.15) is 10.8 Å². The molecule has 1 amide bonds. The topological polar surface area (TPSA) is 64.6 Å². The zero-order chi connectivity index (χ0) is 19.4. The van der Waals surface area contributed by atoms with Crippen LogP contribution in [0.1, 0.15) is 41.1 Å². The molecule has 1 aromatic heterocycles. The molecular formula is C20H22ClNO4S. The predicted molar refractivity (Wildman–Crippen MR) is 107 cm³/mol. The van der Waals surface area contributed by atoms with Crippen LogP contribution in [-0.2, 0) is 22.4 Å². The van der Waals surface area contributed by atoms with E-state index in [0.29, 0.717) is 33.9 Å². The second kappa shape index (κ2) is 8.76. The van der Waals surface area contributed by atoms with Gasteiger partial charge in [-0.3, -0.25) is 4.79 Å². The van der Waals surface area contributed by atoms with Gasteiger partial charge in [-0.1, -0.05) is 18.5 Å². The van der Waals surface area contributed by atoms with E-state index in [1.54, 1.807) is 31.2 Å². The van der Waals surface area contributed by atoms with Crippen LogP contribution in [0.3, 0.4) is 0 Å². The van der Waals surface area contributed by atoms with Crippen LogP contribution in [0.15, 0.2) is 24.3 Å². The second-order valence-electron chi connectivity index (χ2n) is 6.57. The zero-order valence-electron chi connectivity index (χ0n) is 15.3. The maximum atomic E-state index is 12.5. The van der Waals surface area contributed by atoms with Crippen LogP contribution >= 0.6 is 22.9 Å². The highest BCUT2D eigenvalue weighted by Crippen LogP contribution is 2.40. The maximum Gasteiger partial charge on any atom is 0.341 e. The molecule has 0 spiro atoms. The lowest BCUT2D eigenvalue weighted by molar-refractivity contribution is -0.118. The largest absolute Gasteiger partial charge is 0.484 e. The summed E-state index contributed by atoms with van der Waals surface area (Å²) < 4.78 is 10.7. The van der Waals surface area contributed by atoms with Crippen LogP contribution in [0.25, 0.3) is 0 Å². The molecule has 7 heteroatoms. The molecule has 1 aliphatic carbocycles.